The summed E-state index contributed by atoms with van der Waals surface area (Å²) in [6.45, 7) is 0. The summed E-state index contributed by atoms with van der Waals surface area (Å²) in [5.74, 6) is -5.60. The van der Waals surface area contributed by atoms with E-state index in [1.807, 2.05) is 24.3 Å². The van der Waals surface area contributed by atoms with Crippen LogP contribution in [0.5, 0.6) is 0 Å². The van der Waals surface area contributed by atoms with E-state index in [-0.39, 0.29) is 6.42 Å². The number of benzene rings is 2. The predicted octanol–water partition coefficient (Wildman–Crippen LogP) is 6.33. The number of alkyl halides is 3. The van der Waals surface area contributed by atoms with Crippen LogP contribution in [-0.4, -0.2) is 17.0 Å². The van der Waals surface area contributed by atoms with Gasteiger partial charge in [0, 0.05) is 5.56 Å². The highest BCUT2D eigenvalue weighted by Gasteiger charge is 2.43. The number of carbonyl (C=O) groups is 2. The molecule has 1 saturated carbocycles. The van der Waals surface area contributed by atoms with Crippen molar-refractivity contribution in [3.63, 3.8) is 0 Å². The van der Waals surface area contributed by atoms with Gasteiger partial charge < -0.3 is 14.8 Å². The third-order valence-electron chi connectivity index (χ3n) is 6.27. The minimum Gasteiger partial charge on any atom is -0.481 e. The van der Waals surface area contributed by atoms with Crippen LogP contribution in [0.2, 0.25) is 0 Å². The molecule has 1 heterocycles. The third-order valence-corrected chi connectivity index (χ3v) is 6.27. The summed E-state index contributed by atoms with van der Waals surface area (Å²) < 4.78 is 57.6. The summed E-state index contributed by atoms with van der Waals surface area (Å²) >= 11 is 0. The van der Waals surface area contributed by atoms with Crippen LogP contribution in [0.15, 0.2) is 65.5 Å². The minimum absolute atomic E-state index is 0.272. The van der Waals surface area contributed by atoms with E-state index in [1.165, 1.54) is 0 Å². The second-order valence-electron chi connectivity index (χ2n) is 8.32. The fourth-order valence-electron chi connectivity index (χ4n) is 4.58. The minimum atomic E-state index is -4.72. The average molecular weight is 475 g/mol. The summed E-state index contributed by atoms with van der Waals surface area (Å²) in [7, 11) is 0. The summed E-state index contributed by atoms with van der Waals surface area (Å²) in [6.07, 6.45) is -0.174. The van der Waals surface area contributed by atoms with Crippen LogP contribution in [0.4, 0.5) is 23.2 Å². The zero-order valence-corrected chi connectivity index (χ0v) is 17.8. The topological polar surface area (TPSA) is 79.5 Å². The van der Waals surface area contributed by atoms with E-state index in [0.717, 1.165) is 22.8 Å². The molecule has 1 fully saturated rings. The Morgan fingerprint density at radius 2 is 1.74 bits per heavy atom. The molecule has 1 aromatic heterocycles. The van der Waals surface area contributed by atoms with Gasteiger partial charge in [-0.2, -0.15) is 13.2 Å². The van der Waals surface area contributed by atoms with Gasteiger partial charge in [-0.1, -0.05) is 30.7 Å². The van der Waals surface area contributed by atoms with Gasteiger partial charge in [0.15, 0.2) is 0 Å². The number of furan rings is 1. The molecule has 34 heavy (non-hydrogen) atoms. The Hall–Kier alpha value is -3.62. The van der Waals surface area contributed by atoms with Gasteiger partial charge in [-0.25, -0.2) is 4.39 Å². The van der Waals surface area contributed by atoms with E-state index < -0.39 is 52.9 Å². The monoisotopic (exact) mass is 475 g/mol. The number of carbonyl (C=O) groups excluding carboxylic acids is 1. The number of amides is 1. The van der Waals surface area contributed by atoms with Crippen LogP contribution >= 0.6 is 0 Å². The molecule has 0 unspecified atom stereocenters. The van der Waals surface area contributed by atoms with Gasteiger partial charge in [0.2, 0.25) is 5.91 Å². The Morgan fingerprint density at radius 1 is 1.00 bits per heavy atom. The Balaban J connectivity index is 1.55. The number of hydrogen-bond acceptors (Lipinski definition) is 3. The van der Waals surface area contributed by atoms with E-state index in [4.69, 9.17) is 4.42 Å². The lowest BCUT2D eigenvalue weighted by molar-refractivity contribution is -0.148. The molecule has 0 aliphatic heterocycles. The number of nitrogens with one attached hydrogen (secondary N) is 1. The summed E-state index contributed by atoms with van der Waals surface area (Å²) in [6, 6.07) is 10.9. The van der Waals surface area contributed by atoms with Crippen LogP contribution in [0, 0.1) is 17.7 Å². The van der Waals surface area contributed by atoms with Gasteiger partial charge in [0.1, 0.15) is 5.82 Å². The first-order valence-electron chi connectivity index (χ1n) is 10.7. The number of rotatable bonds is 5. The number of carboxylic acids is 1. The van der Waals surface area contributed by atoms with Gasteiger partial charge in [-0.3, -0.25) is 9.59 Å². The Kier molecular flexibility index (Phi) is 6.45. The molecule has 1 aliphatic carbocycles. The molecule has 5 nitrogen and oxygen atoms in total. The fourth-order valence-corrected chi connectivity index (χ4v) is 4.58. The van der Waals surface area contributed by atoms with Crippen molar-refractivity contribution in [1.29, 1.82) is 0 Å². The molecular weight excluding hydrogens is 454 g/mol. The maximum atomic E-state index is 14.2. The highest BCUT2D eigenvalue weighted by molar-refractivity contribution is 5.95. The number of anilines is 1. The Bertz CT molecular complexity index is 1170. The Morgan fingerprint density at radius 3 is 2.32 bits per heavy atom. The third kappa shape index (κ3) is 4.83. The maximum absolute atomic E-state index is 14.2. The quantitative estimate of drug-likeness (QED) is 0.423. The average Bonchev–Trinajstić information content (AvgIpc) is 3.34. The van der Waals surface area contributed by atoms with Crippen molar-refractivity contribution in [2.75, 3.05) is 5.32 Å². The van der Waals surface area contributed by atoms with Crippen LogP contribution in [0.1, 0.15) is 36.3 Å². The normalized spacial score (nSPS) is 20.6. The van der Waals surface area contributed by atoms with Crippen LogP contribution < -0.4 is 5.32 Å². The lowest BCUT2D eigenvalue weighted by atomic mass is 9.69. The molecule has 0 saturated heterocycles. The molecule has 2 N–H and O–H groups in total. The van der Waals surface area contributed by atoms with Crippen LogP contribution in [0.3, 0.4) is 0 Å². The molecule has 1 amide bonds. The number of aliphatic carboxylic acids is 1. The first-order chi connectivity index (χ1) is 16.1. The fraction of sp³-hybridized carbons (Fsp3) is 0.280. The van der Waals surface area contributed by atoms with Crippen molar-refractivity contribution in [1.82, 2.24) is 0 Å². The van der Waals surface area contributed by atoms with E-state index in [2.05, 4.69) is 5.32 Å². The van der Waals surface area contributed by atoms with E-state index in [9.17, 15) is 32.3 Å². The predicted molar refractivity (Wildman–Crippen MR) is 115 cm³/mol. The smallest absolute Gasteiger partial charge is 0.416 e. The molecule has 3 atom stereocenters. The molecule has 4 rings (SSSR count). The largest absolute Gasteiger partial charge is 0.481 e. The molecule has 3 aromatic rings. The first kappa shape index (κ1) is 23.5. The van der Waals surface area contributed by atoms with Gasteiger partial charge in [-0.15, -0.1) is 0 Å². The number of hydrogen-bond donors (Lipinski definition) is 2. The van der Waals surface area contributed by atoms with E-state index in [1.54, 1.807) is 18.6 Å². The molecular formula is C25H21F4NO4. The van der Waals surface area contributed by atoms with E-state index >= 15 is 0 Å². The number of halogens is 4. The second kappa shape index (κ2) is 9.32. The zero-order valence-electron chi connectivity index (χ0n) is 17.8. The lowest BCUT2D eigenvalue weighted by Gasteiger charge is -2.35. The van der Waals surface area contributed by atoms with Crippen molar-refractivity contribution in [2.45, 2.75) is 31.4 Å². The van der Waals surface area contributed by atoms with Gasteiger partial charge in [0.25, 0.3) is 0 Å². The van der Waals surface area contributed by atoms with Crippen molar-refractivity contribution < 1.29 is 36.7 Å². The number of carboxylic acid groups (broad SMARTS) is 1. The van der Waals surface area contributed by atoms with Crippen molar-refractivity contribution in [3.8, 4) is 11.1 Å². The molecule has 0 bridgehead atoms. The zero-order chi connectivity index (χ0) is 24.5. The SMILES string of the molecule is O=C(O)[C@@H]1[C@@H](c2ccc(-c3ccoc3)cc2)CCC[C@H]1C(=O)Nc1ccc(C(F)(F)F)cc1F. The van der Waals surface area contributed by atoms with Crippen molar-refractivity contribution in [2.24, 2.45) is 11.8 Å². The summed E-state index contributed by atoms with van der Waals surface area (Å²) in [5, 5.41) is 12.2. The maximum Gasteiger partial charge on any atom is 0.416 e. The molecule has 1 aliphatic rings. The van der Waals surface area contributed by atoms with Crippen LogP contribution in [0.25, 0.3) is 11.1 Å². The molecule has 0 spiro atoms. The Labute approximate surface area is 192 Å². The molecule has 9 heteroatoms. The van der Waals surface area contributed by atoms with Crippen molar-refractivity contribution >= 4 is 17.6 Å². The van der Waals surface area contributed by atoms with Crippen molar-refractivity contribution in [3.05, 3.63) is 78.0 Å². The van der Waals surface area contributed by atoms with Gasteiger partial charge in [-0.05, 0) is 54.2 Å². The first-order valence-corrected chi connectivity index (χ1v) is 10.7. The van der Waals surface area contributed by atoms with E-state index in [0.29, 0.717) is 25.0 Å². The summed E-state index contributed by atoms with van der Waals surface area (Å²) in [4.78, 5) is 25.1. The molecule has 0 radical (unpaired) electrons. The lowest BCUT2D eigenvalue weighted by Crippen LogP contribution is -2.40. The molecule has 178 valence electrons. The standard InChI is InChI=1S/C25H21F4NO4/c26-20-12-17(25(27,28)29)8-9-21(20)30-23(31)19-3-1-2-18(22(19)24(32)33)15-6-4-14(5-7-15)16-10-11-34-13-16/h4-13,18-19,22H,1-3H2,(H,30,31)(H,32,33)/t18-,19-,22-/m1/s1. The highest BCUT2D eigenvalue weighted by Crippen LogP contribution is 2.43. The second-order valence-corrected chi connectivity index (χ2v) is 8.32. The van der Waals surface area contributed by atoms with Crippen LogP contribution in [-0.2, 0) is 15.8 Å². The van der Waals surface area contributed by atoms with Gasteiger partial charge in [0.05, 0.1) is 35.6 Å². The summed E-state index contributed by atoms with van der Waals surface area (Å²) in [5.41, 5.74) is 0.933. The van der Waals surface area contributed by atoms with Gasteiger partial charge >= 0.3 is 12.1 Å². The molecule has 2 aromatic carbocycles. The highest BCUT2D eigenvalue weighted by atomic mass is 19.4.